The highest BCUT2D eigenvalue weighted by molar-refractivity contribution is 7.99. The Morgan fingerprint density at radius 2 is 2.26 bits per heavy atom. The first-order valence-electron chi connectivity index (χ1n) is 6.01. The zero-order chi connectivity index (χ0) is 14.0. The van der Waals surface area contributed by atoms with Gasteiger partial charge in [0.05, 0.1) is 4.90 Å². The Morgan fingerprint density at radius 3 is 2.84 bits per heavy atom. The molecule has 0 bridgehead atoms. The molecule has 1 heterocycles. The highest BCUT2D eigenvalue weighted by Crippen LogP contribution is 2.26. The number of hydrogen-bond donors (Lipinski definition) is 1. The third kappa shape index (κ3) is 2.94. The summed E-state index contributed by atoms with van der Waals surface area (Å²) in [6, 6.07) is 3.79. The molecule has 7 heteroatoms. The normalized spacial score (nSPS) is 20.1. The van der Waals surface area contributed by atoms with Gasteiger partial charge < -0.3 is 5.73 Å². The van der Waals surface area contributed by atoms with Crippen molar-refractivity contribution in [1.82, 2.24) is 4.31 Å². The van der Waals surface area contributed by atoms with Gasteiger partial charge in [0.1, 0.15) is 5.82 Å². The SMILES string of the molecule is CN(C1CCSC1)S(=O)(=O)c1ccc(F)c(CN)c1. The van der Waals surface area contributed by atoms with Crippen molar-refractivity contribution in [2.45, 2.75) is 23.9 Å². The molecule has 0 saturated carbocycles. The largest absolute Gasteiger partial charge is 0.326 e. The second kappa shape index (κ2) is 5.78. The Morgan fingerprint density at radius 1 is 1.53 bits per heavy atom. The van der Waals surface area contributed by atoms with Crippen LogP contribution in [0.3, 0.4) is 0 Å². The van der Waals surface area contributed by atoms with Crippen LogP contribution >= 0.6 is 11.8 Å². The molecule has 4 nitrogen and oxygen atoms in total. The summed E-state index contributed by atoms with van der Waals surface area (Å²) in [5.74, 6) is 1.31. The van der Waals surface area contributed by atoms with Crippen LogP contribution in [0.25, 0.3) is 0 Å². The lowest BCUT2D eigenvalue weighted by molar-refractivity contribution is 0.394. The molecule has 0 spiro atoms. The van der Waals surface area contributed by atoms with E-state index >= 15 is 0 Å². The van der Waals surface area contributed by atoms with Gasteiger partial charge in [0, 0.05) is 31.0 Å². The molecule has 1 aliphatic heterocycles. The van der Waals surface area contributed by atoms with Crippen LogP contribution in [0.5, 0.6) is 0 Å². The lowest BCUT2D eigenvalue weighted by Gasteiger charge is -2.23. The molecule has 2 N–H and O–H groups in total. The minimum absolute atomic E-state index is 0.0152. The molecule has 106 valence electrons. The fourth-order valence-corrected chi connectivity index (χ4v) is 4.84. The van der Waals surface area contributed by atoms with Crippen molar-refractivity contribution in [2.75, 3.05) is 18.6 Å². The molecular weight excluding hydrogens is 287 g/mol. The van der Waals surface area contributed by atoms with Crippen LogP contribution in [-0.2, 0) is 16.6 Å². The first-order chi connectivity index (χ1) is 8.96. The van der Waals surface area contributed by atoms with Gasteiger partial charge in [0.15, 0.2) is 0 Å². The molecule has 1 aromatic rings. The Labute approximate surface area is 117 Å². The predicted octanol–water partition coefficient (Wildman–Crippen LogP) is 1.41. The summed E-state index contributed by atoms with van der Waals surface area (Å²) in [7, 11) is -1.99. The summed E-state index contributed by atoms with van der Waals surface area (Å²) < 4.78 is 39.7. The first kappa shape index (κ1) is 14.8. The molecule has 0 aliphatic carbocycles. The minimum atomic E-state index is -3.57. The van der Waals surface area contributed by atoms with Crippen LogP contribution in [0.2, 0.25) is 0 Å². The number of nitrogens with zero attached hydrogens (tertiary/aromatic N) is 1. The van der Waals surface area contributed by atoms with Gasteiger partial charge in [-0.15, -0.1) is 0 Å². The number of nitrogens with two attached hydrogens (primary N) is 1. The quantitative estimate of drug-likeness (QED) is 0.913. The van der Waals surface area contributed by atoms with Crippen molar-refractivity contribution in [3.05, 3.63) is 29.6 Å². The van der Waals surface area contributed by atoms with E-state index in [4.69, 9.17) is 5.73 Å². The highest BCUT2D eigenvalue weighted by atomic mass is 32.2. The van der Waals surface area contributed by atoms with Crippen molar-refractivity contribution in [3.63, 3.8) is 0 Å². The van der Waals surface area contributed by atoms with E-state index in [0.29, 0.717) is 0 Å². The van der Waals surface area contributed by atoms with Gasteiger partial charge in [-0.1, -0.05) is 0 Å². The maximum absolute atomic E-state index is 13.4. The van der Waals surface area contributed by atoms with Gasteiger partial charge in [-0.25, -0.2) is 12.8 Å². The summed E-state index contributed by atoms with van der Waals surface area (Å²) in [6.45, 7) is -0.0157. The van der Waals surface area contributed by atoms with Crippen LogP contribution in [0, 0.1) is 5.82 Å². The van der Waals surface area contributed by atoms with Gasteiger partial charge in [0.25, 0.3) is 0 Å². The highest BCUT2D eigenvalue weighted by Gasteiger charge is 2.30. The third-order valence-corrected chi connectivity index (χ3v) is 6.38. The number of hydrogen-bond acceptors (Lipinski definition) is 4. The van der Waals surface area contributed by atoms with Gasteiger partial charge >= 0.3 is 0 Å². The monoisotopic (exact) mass is 304 g/mol. The fourth-order valence-electron chi connectivity index (χ4n) is 2.04. The molecule has 0 amide bonds. The Hall–Kier alpha value is -0.630. The number of rotatable bonds is 4. The van der Waals surface area contributed by atoms with E-state index in [9.17, 15) is 12.8 Å². The van der Waals surface area contributed by atoms with Crippen molar-refractivity contribution in [1.29, 1.82) is 0 Å². The molecule has 1 saturated heterocycles. The zero-order valence-corrected chi connectivity index (χ0v) is 12.3. The van der Waals surface area contributed by atoms with Crippen molar-refractivity contribution in [2.24, 2.45) is 5.73 Å². The van der Waals surface area contributed by atoms with E-state index in [1.807, 2.05) is 0 Å². The molecule has 2 rings (SSSR count). The molecular formula is C12H17FN2O2S2. The van der Waals surface area contributed by atoms with Crippen molar-refractivity contribution < 1.29 is 12.8 Å². The smallest absolute Gasteiger partial charge is 0.243 e. The van der Waals surface area contributed by atoms with Crippen LogP contribution in [0.1, 0.15) is 12.0 Å². The first-order valence-corrected chi connectivity index (χ1v) is 8.60. The van der Waals surface area contributed by atoms with E-state index in [0.717, 1.165) is 24.0 Å². The van der Waals surface area contributed by atoms with Gasteiger partial charge in [0.2, 0.25) is 10.0 Å². The Bertz CT molecular complexity index is 557. The lowest BCUT2D eigenvalue weighted by Crippen LogP contribution is -2.37. The zero-order valence-electron chi connectivity index (χ0n) is 10.7. The molecule has 0 aromatic heterocycles. The predicted molar refractivity (Wildman–Crippen MR) is 75.0 cm³/mol. The van der Waals surface area contributed by atoms with E-state index in [-0.39, 0.29) is 23.0 Å². The third-order valence-electron chi connectivity index (χ3n) is 3.33. The van der Waals surface area contributed by atoms with E-state index in [2.05, 4.69) is 0 Å². The van der Waals surface area contributed by atoms with E-state index in [1.165, 1.54) is 16.4 Å². The molecule has 0 radical (unpaired) electrons. The molecule has 1 aliphatic rings. The van der Waals surface area contributed by atoms with Crippen LogP contribution < -0.4 is 5.73 Å². The number of benzene rings is 1. The summed E-state index contributed by atoms with van der Waals surface area (Å²) in [5, 5.41) is 0. The number of thioether (sulfide) groups is 1. The lowest BCUT2D eigenvalue weighted by atomic mass is 10.2. The van der Waals surface area contributed by atoms with Gasteiger partial charge in [-0.05, 0) is 30.4 Å². The van der Waals surface area contributed by atoms with Crippen LogP contribution in [0.4, 0.5) is 4.39 Å². The average molecular weight is 304 g/mol. The maximum atomic E-state index is 13.4. The molecule has 19 heavy (non-hydrogen) atoms. The van der Waals surface area contributed by atoms with E-state index in [1.54, 1.807) is 18.8 Å². The molecule has 1 atom stereocenters. The standard InChI is InChI=1S/C12H17FN2O2S2/c1-15(10-4-5-18-8-10)19(16,17)11-2-3-12(13)9(6-11)7-14/h2-3,6,10H,4-5,7-8,14H2,1H3. The van der Waals surface area contributed by atoms with Crippen LogP contribution in [0.15, 0.2) is 23.1 Å². The van der Waals surface area contributed by atoms with Crippen molar-refractivity contribution in [3.8, 4) is 0 Å². The minimum Gasteiger partial charge on any atom is -0.326 e. The number of sulfonamides is 1. The summed E-state index contributed by atoms with van der Waals surface area (Å²) in [6.07, 6.45) is 0.853. The molecule has 1 fully saturated rings. The Balaban J connectivity index is 2.33. The maximum Gasteiger partial charge on any atom is 0.243 e. The topological polar surface area (TPSA) is 63.4 Å². The second-order valence-corrected chi connectivity index (χ2v) is 7.64. The van der Waals surface area contributed by atoms with Crippen LogP contribution in [-0.4, -0.2) is 37.3 Å². The Kier molecular flexibility index (Phi) is 4.50. The second-order valence-electron chi connectivity index (χ2n) is 4.50. The molecule has 1 aromatic carbocycles. The van der Waals surface area contributed by atoms with Crippen molar-refractivity contribution >= 4 is 21.8 Å². The fraction of sp³-hybridized carbons (Fsp3) is 0.500. The van der Waals surface area contributed by atoms with E-state index < -0.39 is 15.8 Å². The number of halogens is 1. The summed E-state index contributed by atoms with van der Waals surface area (Å²) >= 11 is 1.75. The van der Waals surface area contributed by atoms with Gasteiger partial charge in [-0.2, -0.15) is 16.1 Å². The average Bonchev–Trinajstić information content (AvgIpc) is 2.91. The van der Waals surface area contributed by atoms with Gasteiger partial charge in [-0.3, -0.25) is 0 Å². The summed E-state index contributed by atoms with van der Waals surface area (Å²) in [5.41, 5.74) is 5.63. The molecule has 1 unspecified atom stereocenters. The summed E-state index contributed by atoms with van der Waals surface area (Å²) in [4.78, 5) is 0.105.